The maximum Gasteiger partial charge on any atom is 0.228 e. The second-order valence-corrected chi connectivity index (χ2v) is 7.03. The number of rotatable bonds is 4. The lowest BCUT2D eigenvalue weighted by molar-refractivity contribution is -0.118. The molecule has 0 atom stereocenters. The molecule has 0 N–H and O–H groups in total. The first kappa shape index (κ1) is 18.2. The van der Waals surface area contributed by atoms with Crippen molar-refractivity contribution in [2.24, 2.45) is 0 Å². The van der Waals surface area contributed by atoms with Crippen LogP contribution < -0.4 is 14.5 Å². The topological polar surface area (TPSA) is 58.6 Å². The van der Waals surface area contributed by atoms with Gasteiger partial charge < -0.3 is 9.64 Å². The number of ether oxygens (including phenoxy) is 1. The highest BCUT2D eigenvalue weighted by molar-refractivity contribution is 5.96. The highest BCUT2D eigenvalue weighted by Crippen LogP contribution is 2.30. The van der Waals surface area contributed by atoms with Crippen LogP contribution in [0.2, 0.25) is 0 Å². The smallest absolute Gasteiger partial charge is 0.228 e. The third-order valence-corrected chi connectivity index (χ3v) is 5.11. The number of carbonyl (C=O) groups is 1. The van der Waals surface area contributed by atoms with Crippen LogP contribution in [0.25, 0.3) is 11.0 Å². The fourth-order valence-corrected chi connectivity index (χ4v) is 3.52. The lowest BCUT2D eigenvalue weighted by atomic mass is 10.1. The van der Waals surface area contributed by atoms with Crippen LogP contribution in [-0.2, 0) is 11.2 Å². The van der Waals surface area contributed by atoms with E-state index >= 15 is 0 Å². The summed E-state index contributed by atoms with van der Waals surface area (Å²) in [6.45, 7) is 1.51. The van der Waals surface area contributed by atoms with E-state index in [-0.39, 0.29) is 5.91 Å². The number of aromatic nitrogens is 2. The SMILES string of the molecule is COc1ccc(CCC(=O)N2CCCN(C)c3nc4ccccc4nc32)cc1. The third kappa shape index (κ3) is 3.63. The molecule has 1 aliphatic heterocycles. The molecule has 0 spiro atoms. The average Bonchev–Trinajstić information content (AvgIpc) is 2.89. The molecular formula is C22H24N4O2. The molecule has 0 radical (unpaired) electrons. The van der Waals surface area contributed by atoms with Crippen LogP contribution in [0.3, 0.4) is 0 Å². The van der Waals surface area contributed by atoms with Gasteiger partial charge in [-0.1, -0.05) is 24.3 Å². The summed E-state index contributed by atoms with van der Waals surface area (Å²) in [7, 11) is 3.66. The Labute approximate surface area is 164 Å². The summed E-state index contributed by atoms with van der Waals surface area (Å²) in [5.41, 5.74) is 2.77. The summed E-state index contributed by atoms with van der Waals surface area (Å²) in [6, 6.07) is 15.6. The zero-order chi connectivity index (χ0) is 19.5. The van der Waals surface area contributed by atoms with Crippen molar-refractivity contribution in [1.29, 1.82) is 0 Å². The van der Waals surface area contributed by atoms with Gasteiger partial charge in [-0.25, -0.2) is 9.97 Å². The van der Waals surface area contributed by atoms with Crippen LogP contribution in [0, 0.1) is 0 Å². The summed E-state index contributed by atoms with van der Waals surface area (Å²) >= 11 is 0. The number of para-hydroxylation sites is 2. The molecule has 0 unspecified atom stereocenters. The number of carbonyl (C=O) groups excluding carboxylic acids is 1. The van der Waals surface area contributed by atoms with E-state index in [9.17, 15) is 4.79 Å². The molecule has 2 heterocycles. The molecule has 6 heteroatoms. The average molecular weight is 376 g/mol. The molecule has 0 fully saturated rings. The van der Waals surface area contributed by atoms with E-state index in [1.807, 2.05) is 60.5 Å². The first-order valence-electron chi connectivity index (χ1n) is 9.57. The molecule has 144 valence electrons. The van der Waals surface area contributed by atoms with Gasteiger partial charge in [-0.2, -0.15) is 0 Å². The van der Waals surface area contributed by atoms with Gasteiger partial charge in [0.25, 0.3) is 0 Å². The first-order valence-corrected chi connectivity index (χ1v) is 9.57. The molecule has 0 bridgehead atoms. The number of amides is 1. The van der Waals surface area contributed by atoms with Crippen LogP contribution in [-0.4, -0.2) is 43.1 Å². The Morgan fingerprint density at radius 2 is 1.68 bits per heavy atom. The van der Waals surface area contributed by atoms with Gasteiger partial charge in [-0.3, -0.25) is 9.69 Å². The third-order valence-electron chi connectivity index (χ3n) is 5.11. The molecule has 3 aromatic rings. The lowest BCUT2D eigenvalue weighted by Gasteiger charge is -2.23. The van der Waals surface area contributed by atoms with Crippen LogP contribution >= 0.6 is 0 Å². The number of benzene rings is 2. The summed E-state index contributed by atoms with van der Waals surface area (Å²) in [5, 5.41) is 0. The molecule has 2 aromatic carbocycles. The summed E-state index contributed by atoms with van der Waals surface area (Å²) in [4.78, 5) is 26.5. The zero-order valence-electron chi connectivity index (χ0n) is 16.3. The summed E-state index contributed by atoms with van der Waals surface area (Å²) in [5.74, 6) is 2.34. The monoisotopic (exact) mass is 376 g/mol. The van der Waals surface area contributed by atoms with Gasteiger partial charge >= 0.3 is 0 Å². The predicted molar refractivity (Wildman–Crippen MR) is 111 cm³/mol. The molecule has 4 rings (SSSR count). The Hall–Kier alpha value is -3.15. The second kappa shape index (κ2) is 7.84. The number of methoxy groups -OCH3 is 1. The highest BCUT2D eigenvalue weighted by Gasteiger charge is 2.26. The second-order valence-electron chi connectivity index (χ2n) is 7.03. The van der Waals surface area contributed by atoms with Crippen molar-refractivity contribution in [3.63, 3.8) is 0 Å². The first-order chi connectivity index (χ1) is 13.7. The van der Waals surface area contributed by atoms with Crippen LogP contribution in [0.1, 0.15) is 18.4 Å². The van der Waals surface area contributed by atoms with Crippen molar-refractivity contribution in [1.82, 2.24) is 9.97 Å². The minimum absolute atomic E-state index is 0.0805. The Morgan fingerprint density at radius 3 is 2.36 bits per heavy atom. The van der Waals surface area contributed by atoms with E-state index in [0.717, 1.165) is 41.1 Å². The van der Waals surface area contributed by atoms with E-state index in [1.54, 1.807) is 7.11 Å². The predicted octanol–water partition coefficient (Wildman–Crippen LogP) is 3.44. The quantitative estimate of drug-likeness (QED) is 0.698. The van der Waals surface area contributed by atoms with Crippen molar-refractivity contribution >= 4 is 28.6 Å². The van der Waals surface area contributed by atoms with Crippen molar-refractivity contribution in [3.05, 3.63) is 54.1 Å². The molecular weight excluding hydrogens is 352 g/mol. The Balaban J connectivity index is 1.59. The molecule has 0 aliphatic carbocycles. The zero-order valence-corrected chi connectivity index (χ0v) is 16.3. The normalized spacial score (nSPS) is 13.9. The van der Waals surface area contributed by atoms with Gasteiger partial charge in [0.1, 0.15) is 5.75 Å². The molecule has 28 heavy (non-hydrogen) atoms. The lowest BCUT2D eigenvalue weighted by Crippen LogP contribution is -2.32. The number of hydrogen-bond donors (Lipinski definition) is 0. The summed E-state index contributed by atoms with van der Waals surface area (Å²) < 4.78 is 5.19. The molecule has 6 nitrogen and oxygen atoms in total. The fraction of sp³-hybridized carbons (Fsp3) is 0.318. The van der Waals surface area contributed by atoms with Gasteiger partial charge in [0, 0.05) is 26.6 Å². The summed E-state index contributed by atoms with van der Waals surface area (Å²) in [6.07, 6.45) is 2.01. The molecule has 1 aliphatic rings. The number of fused-ring (bicyclic) bond motifs is 2. The van der Waals surface area contributed by atoms with Crippen LogP contribution in [0.4, 0.5) is 11.6 Å². The molecule has 0 saturated carbocycles. The van der Waals surface area contributed by atoms with Gasteiger partial charge in [0.2, 0.25) is 5.91 Å². The van der Waals surface area contributed by atoms with E-state index < -0.39 is 0 Å². The standard InChI is InChI=1S/C22H24N4O2/c1-25-14-5-15-26(20(27)13-10-16-8-11-17(28-2)12-9-16)22-21(25)23-18-6-3-4-7-19(18)24-22/h3-4,6-9,11-12H,5,10,13-15H2,1-2H3. The Morgan fingerprint density at radius 1 is 1.00 bits per heavy atom. The fourth-order valence-electron chi connectivity index (χ4n) is 3.52. The van der Waals surface area contributed by atoms with Gasteiger partial charge in [0.15, 0.2) is 11.6 Å². The minimum atomic E-state index is 0.0805. The minimum Gasteiger partial charge on any atom is -0.497 e. The van der Waals surface area contributed by atoms with E-state index in [4.69, 9.17) is 14.7 Å². The largest absolute Gasteiger partial charge is 0.497 e. The maximum absolute atomic E-state index is 13.1. The Kier molecular flexibility index (Phi) is 5.10. The number of nitrogens with zero attached hydrogens (tertiary/aromatic N) is 4. The van der Waals surface area contributed by atoms with Gasteiger partial charge in [-0.15, -0.1) is 0 Å². The van der Waals surface area contributed by atoms with Crippen molar-refractivity contribution in [3.8, 4) is 5.75 Å². The molecule has 1 amide bonds. The van der Waals surface area contributed by atoms with Crippen LogP contribution in [0.15, 0.2) is 48.5 Å². The number of anilines is 2. The number of hydrogen-bond acceptors (Lipinski definition) is 5. The van der Waals surface area contributed by atoms with E-state index in [0.29, 0.717) is 25.2 Å². The molecule has 0 saturated heterocycles. The Bertz CT molecular complexity index is 987. The highest BCUT2D eigenvalue weighted by atomic mass is 16.5. The number of aryl methyl sites for hydroxylation is 1. The van der Waals surface area contributed by atoms with Crippen molar-refractivity contribution < 1.29 is 9.53 Å². The van der Waals surface area contributed by atoms with Crippen molar-refractivity contribution in [2.75, 3.05) is 37.0 Å². The van der Waals surface area contributed by atoms with Gasteiger partial charge in [-0.05, 0) is 42.7 Å². The van der Waals surface area contributed by atoms with Crippen molar-refractivity contribution in [2.45, 2.75) is 19.3 Å². The van der Waals surface area contributed by atoms with E-state index in [2.05, 4.69) is 4.90 Å². The van der Waals surface area contributed by atoms with Gasteiger partial charge in [0.05, 0.1) is 18.1 Å². The van der Waals surface area contributed by atoms with E-state index in [1.165, 1.54) is 0 Å². The molecule has 1 aromatic heterocycles. The van der Waals surface area contributed by atoms with Crippen LogP contribution in [0.5, 0.6) is 5.75 Å². The maximum atomic E-state index is 13.1.